The third-order valence-electron chi connectivity index (χ3n) is 4.32. The van der Waals surface area contributed by atoms with Gasteiger partial charge >= 0.3 is 6.09 Å². The number of aromatic nitrogens is 1. The molecule has 1 aliphatic rings. The summed E-state index contributed by atoms with van der Waals surface area (Å²) >= 11 is 0. The zero-order valence-electron chi connectivity index (χ0n) is 18.7. The van der Waals surface area contributed by atoms with Crippen molar-refractivity contribution in [3.63, 3.8) is 0 Å². The van der Waals surface area contributed by atoms with Gasteiger partial charge in [0.15, 0.2) is 5.96 Å². The van der Waals surface area contributed by atoms with Crippen LogP contribution in [0.15, 0.2) is 23.3 Å². The molecule has 1 aromatic rings. The first-order valence-electron chi connectivity index (χ1n) is 10.4. The average molecular weight is 422 g/mol. The molecule has 2 N–H and O–H groups in total. The second kappa shape index (κ2) is 11.6. The second-order valence-electron chi connectivity index (χ2n) is 8.06. The fourth-order valence-corrected chi connectivity index (χ4v) is 3.03. The van der Waals surface area contributed by atoms with Crippen LogP contribution in [0.3, 0.4) is 0 Å². The second-order valence-corrected chi connectivity index (χ2v) is 8.06. The topological polar surface area (TPSA) is 97.3 Å². The van der Waals surface area contributed by atoms with Crippen LogP contribution in [-0.2, 0) is 16.0 Å². The molecule has 0 bridgehead atoms. The highest BCUT2D eigenvalue weighted by Gasteiger charge is 2.27. The minimum Gasteiger partial charge on any atom is -0.475 e. The molecule has 168 valence electrons. The molecule has 1 fully saturated rings. The third kappa shape index (κ3) is 8.06. The Labute approximate surface area is 179 Å². The molecule has 1 aromatic heterocycles. The van der Waals surface area contributed by atoms with E-state index in [-0.39, 0.29) is 12.1 Å². The zero-order chi connectivity index (χ0) is 22.0. The van der Waals surface area contributed by atoms with Gasteiger partial charge in [0, 0.05) is 38.5 Å². The quantitative estimate of drug-likeness (QED) is 0.377. The summed E-state index contributed by atoms with van der Waals surface area (Å²) in [6.07, 6.45) is 2.15. The molecular weight excluding hydrogens is 386 g/mol. The number of hydrogen-bond donors (Lipinski definition) is 2. The summed E-state index contributed by atoms with van der Waals surface area (Å²) in [5.74, 6) is 1.37. The lowest BCUT2D eigenvalue weighted by atomic mass is 10.2. The van der Waals surface area contributed by atoms with E-state index in [0.29, 0.717) is 32.2 Å². The lowest BCUT2D eigenvalue weighted by molar-refractivity contribution is 0.0507. The van der Waals surface area contributed by atoms with E-state index in [1.165, 1.54) is 0 Å². The molecule has 9 nitrogen and oxygen atoms in total. The summed E-state index contributed by atoms with van der Waals surface area (Å²) in [5.41, 5.74) is 0.400. The van der Waals surface area contributed by atoms with E-state index in [0.717, 1.165) is 31.0 Å². The maximum absolute atomic E-state index is 12.0. The minimum atomic E-state index is -0.508. The number of guanidine groups is 1. The Morgan fingerprint density at radius 1 is 1.37 bits per heavy atom. The zero-order valence-corrected chi connectivity index (χ0v) is 18.7. The summed E-state index contributed by atoms with van der Waals surface area (Å²) in [4.78, 5) is 23.3. The molecule has 9 heteroatoms. The molecule has 1 unspecified atom stereocenters. The van der Waals surface area contributed by atoms with Crippen molar-refractivity contribution in [3.8, 4) is 5.88 Å². The molecule has 2 rings (SSSR count). The van der Waals surface area contributed by atoms with Crippen LogP contribution in [0.2, 0.25) is 0 Å². The van der Waals surface area contributed by atoms with Crippen LogP contribution in [0.4, 0.5) is 4.79 Å². The molecule has 1 amide bonds. The average Bonchev–Trinajstić information content (AvgIpc) is 3.13. The van der Waals surface area contributed by atoms with E-state index in [2.05, 4.69) is 20.5 Å². The van der Waals surface area contributed by atoms with Crippen molar-refractivity contribution in [3.05, 3.63) is 23.9 Å². The first-order chi connectivity index (χ1) is 14.3. The Balaban J connectivity index is 1.98. The lowest BCUT2D eigenvalue weighted by Gasteiger charge is -2.23. The molecule has 0 radical (unpaired) electrons. The van der Waals surface area contributed by atoms with Crippen molar-refractivity contribution in [1.82, 2.24) is 20.5 Å². The smallest absolute Gasteiger partial charge is 0.407 e. The molecule has 0 saturated carbocycles. The number of methoxy groups -OCH3 is 1. The summed E-state index contributed by atoms with van der Waals surface area (Å²) in [6.45, 7) is 11.2. The SMILES string of the molecule is CCNC(=NCc1cccnc1OCCOC)N1CCC(NC(=O)OC(C)(C)C)C1. The Morgan fingerprint density at radius 3 is 2.87 bits per heavy atom. The number of alkyl carbamates (subject to hydrolysis) is 1. The van der Waals surface area contributed by atoms with E-state index in [1.54, 1.807) is 13.3 Å². The number of likely N-dealkylation sites (tertiary alicyclic amines) is 1. The fourth-order valence-electron chi connectivity index (χ4n) is 3.03. The summed E-state index contributed by atoms with van der Waals surface area (Å²) in [5, 5.41) is 6.28. The van der Waals surface area contributed by atoms with E-state index in [4.69, 9.17) is 19.2 Å². The van der Waals surface area contributed by atoms with Crippen molar-refractivity contribution in [2.75, 3.05) is 40.0 Å². The number of pyridine rings is 1. The first-order valence-corrected chi connectivity index (χ1v) is 10.4. The van der Waals surface area contributed by atoms with Gasteiger partial charge < -0.3 is 29.7 Å². The molecule has 1 atom stereocenters. The van der Waals surface area contributed by atoms with Crippen molar-refractivity contribution < 1.29 is 19.0 Å². The molecule has 1 aliphatic heterocycles. The Morgan fingerprint density at radius 2 is 2.17 bits per heavy atom. The van der Waals surface area contributed by atoms with Crippen LogP contribution < -0.4 is 15.4 Å². The number of aliphatic imine (C=N–C) groups is 1. The Hall–Kier alpha value is -2.55. The van der Waals surface area contributed by atoms with Gasteiger partial charge in [0.1, 0.15) is 12.2 Å². The monoisotopic (exact) mass is 421 g/mol. The highest BCUT2D eigenvalue weighted by atomic mass is 16.6. The number of nitrogens with zero attached hydrogens (tertiary/aromatic N) is 3. The number of carbonyl (C=O) groups excluding carboxylic acids is 1. The maximum atomic E-state index is 12.0. The van der Waals surface area contributed by atoms with Gasteiger partial charge in [-0.3, -0.25) is 0 Å². The molecule has 0 spiro atoms. The van der Waals surface area contributed by atoms with Gasteiger partial charge in [0.2, 0.25) is 5.88 Å². The minimum absolute atomic E-state index is 0.0232. The van der Waals surface area contributed by atoms with Crippen LogP contribution in [0.1, 0.15) is 39.7 Å². The lowest BCUT2D eigenvalue weighted by Crippen LogP contribution is -2.44. The summed E-state index contributed by atoms with van der Waals surface area (Å²) < 4.78 is 16.1. The van der Waals surface area contributed by atoms with Gasteiger partial charge in [0.05, 0.1) is 19.2 Å². The summed E-state index contributed by atoms with van der Waals surface area (Å²) in [6, 6.07) is 3.85. The van der Waals surface area contributed by atoms with Crippen LogP contribution in [0, 0.1) is 0 Å². The molecule has 2 heterocycles. The van der Waals surface area contributed by atoms with Gasteiger partial charge in [-0.05, 0) is 40.2 Å². The number of nitrogens with one attached hydrogen (secondary N) is 2. The fraction of sp³-hybridized carbons (Fsp3) is 0.667. The van der Waals surface area contributed by atoms with Gasteiger partial charge in [-0.15, -0.1) is 0 Å². The van der Waals surface area contributed by atoms with Gasteiger partial charge in [-0.2, -0.15) is 0 Å². The van der Waals surface area contributed by atoms with E-state index < -0.39 is 5.60 Å². The molecule has 30 heavy (non-hydrogen) atoms. The molecule has 0 aromatic carbocycles. The largest absolute Gasteiger partial charge is 0.475 e. The van der Waals surface area contributed by atoms with Crippen molar-refractivity contribution in [1.29, 1.82) is 0 Å². The van der Waals surface area contributed by atoms with E-state index in [9.17, 15) is 4.79 Å². The van der Waals surface area contributed by atoms with E-state index >= 15 is 0 Å². The van der Waals surface area contributed by atoms with Crippen molar-refractivity contribution in [2.24, 2.45) is 4.99 Å². The standard InChI is InChI=1S/C21H35N5O4/c1-6-22-19(24-14-16-8-7-10-23-18(16)29-13-12-28-5)26-11-9-17(15-26)25-20(27)30-21(2,3)4/h7-8,10,17H,6,9,11-15H2,1-5H3,(H,22,24)(H,25,27). The number of ether oxygens (including phenoxy) is 3. The first kappa shape index (κ1) is 23.7. The van der Waals surface area contributed by atoms with E-state index in [1.807, 2.05) is 39.8 Å². The van der Waals surface area contributed by atoms with Crippen molar-refractivity contribution in [2.45, 2.75) is 52.3 Å². The molecule has 0 aliphatic carbocycles. The molecular formula is C21H35N5O4. The van der Waals surface area contributed by atoms with Crippen LogP contribution in [-0.4, -0.2) is 73.5 Å². The van der Waals surface area contributed by atoms with Gasteiger partial charge in [-0.25, -0.2) is 14.8 Å². The Bertz CT molecular complexity index is 705. The predicted molar refractivity (Wildman–Crippen MR) is 116 cm³/mol. The number of amides is 1. The third-order valence-corrected chi connectivity index (χ3v) is 4.32. The number of hydrogen-bond acceptors (Lipinski definition) is 6. The highest BCUT2D eigenvalue weighted by Crippen LogP contribution is 2.17. The van der Waals surface area contributed by atoms with Crippen molar-refractivity contribution >= 4 is 12.1 Å². The normalized spacial score (nSPS) is 17.0. The van der Waals surface area contributed by atoms with Crippen LogP contribution in [0.25, 0.3) is 0 Å². The molecule has 1 saturated heterocycles. The van der Waals surface area contributed by atoms with Crippen LogP contribution >= 0.6 is 0 Å². The predicted octanol–water partition coefficient (Wildman–Crippen LogP) is 2.17. The highest BCUT2D eigenvalue weighted by molar-refractivity contribution is 5.80. The summed E-state index contributed by atoms with van der Waals surface area (Å²) in [7, 11) is 1.64. The van der Waals surface area contributed by atoms with Crippen LogP contribution in [0.5, 0.6) is 5.88 Å². The number of rotatable bonds is 8. The van der Waals surface area contributed by atoms with Gasteiger partial charge in [-0.1, -0.05) is 6.07 Å². The maximum Gasteiger partial charge on any atom is 0.407 e. The Kier molecular flexibility index (Phi) is 9.16. The number of carbonyl (C=O) groups is 1. The van der Waals surface area contributed by atoms with Gasteiger partial charge in [0.25, 0.3) is 0 Å².